The molecular weight excluding hydrogens is 296 g/mol. The predicted molar refractivity (Wildman–Crippen MR) is 83.2 cm³/mol. The van der Waals surface area contributed by atoms with Crippen molar-refractivity contribution in [2.75, 3.05) is 0 Å². The maximum absolute atomic E-state index is 5.96. The van der Waals surface area contributed by atoms with Gasteiger partial charge in [-0.1, -0.05) is 29.8 Å². The highest BCUT2D eigenvalue weighted by atomic mass is 35.5. The summed E-state index contributed by atoms with van der Waals surface area (Å²) in [7, 11) is 0. The van der Waals surface area contributed by atoms with Crippen molar-refractivity contribution >= 4 is 44.9 Å². The van der Waals surface area contributed by atoms with Crippen LogP contribution in [0.4, 0.5) is 0 Å². The Kier molecular flexibility index (Phi) is 3.73. The Hall–Kier alpha value is -1.10. The monoisotopic (exact) mass is 306 g/mol. The van der Waals surface area contributed by atoms with E-state index < -0.39 is 0 Å². The van der Waals surface area contributed by atoms with Crippen molar-refractivity contribution in [1.82, 2.24) is 9.97 Å². The first-order valence-corrected chi connectivity index (χ1v) is 8.06. The molecule has 0 aliphatic carbocycles. The van der Waals surface area contributed by atoms with Gasteiger partial charge in [0.1, 0.15) is 9.86 Å². The summed E-state index contributed by atoms with van der Waals surface area (Å²) in [5.74, 6) is 0.889. The van der Waals surface area contributed by atoms with Crippen molar-refractivity contribution in [2.45, 2.75) is 17.7 Å². The summed E-state index contributed by atoms with van der Waals surface area (Å²) in [5.41, 5.74) is 2.57. The summed E-state index contributed by atoms with van der Waals surface area (Å²) < 4.78 is 0. The highest BCUT2D eigenvalue weighted by molar-refractivity contribution is 7.98. The molecule has 5 heteroatoms. The van der Waals surface area contributed by atoms with Crippen LogP contribution < -0.4 is 0 Å². The molecule has 0 N–H and O–H groups in total. The van der Waals surface area contributed by atoms with Gasteiger partial charge in [-0.2, -0.15) is 0 Å². The van der Waals surface area contributed by atoms with Crippen molar-refractivity contribution in [1.29, 1.82) is 0 Å². The third kappa shape index (κ3) is 2.91. The third-order valence-electron chi connectivity index (χ3n) is 2.72. The number of aryl methyl sites for hydroxylation is 1. The highest BCUT2D eigenvalue weighted by Gasteiger charge is 2.08. The molecule has 0 radical (unpaired) electrons. The topological polar surface area (TPSA) is 25.8 Å². The molecular formula is C14H11ClN2S2. The molecule has 2 aromatic heterocycles. The molecule has 3 rings (SSSR count). The number of hydrogen-bond acceptors (Lipinski definition) is 4. The fourth-order valence-electron chi connectivity index (χ4n) is 1.87. The van der Waals surface area contributed by atoms with E-state index in [2.05, 4.69) is 47.2 Å². The molecule has 0 amide bonds. The maximum Gasteiger partial charge on any atom is 0.224 e. The van der Waals surface area contributed by atoms with Gasteiger partial charge < -0.3 is 0 Å². The zero-order chi connectivity index (χ0) is 13.2. The lowest BCUT2D eigenvalue weighted by Crippen LogP contribution is -1.88. The van der Waals surface area contributed by atoms with Crippen LogP contribution in [-0.2, 0) is 5.75 Å². The van der Waals surface area contributed by atoms with Gasteiger partial charge in [0.05, 0.1) is 0 Å². The average Bonchev–Trinajstić information content (AvgIpc) is 2.84. The highest BCUT2D eigenvalue weighted by Crippen LogP contribution is 2.31. The maximum atomic E-state index is 5.96. The molecule has 0 aliphatic rings. The number of halogens is 1. The quantitative estimate of drug-likeness (QED) is 0.389. The number of thioether (sulfide) groups is 1. The summed E-state index contributed by atoms with van der Waals surface area (Å²) >= 11 is 9.25. The van der Waals surface area contributed by atoms with Crippen molar-refractivity contribution in [3.8, 4) is 0 Å². The average molecular weight is 307 g/mol. The molecule has 0 atom stereocenters. The number of aromatic nitrogens is 2. The van der Waals surface area contributed by atoms with Gasteiger partial charge in [0.25, 0.3) is 0 Å². The summed E-state index contributed by atoms with van der Waals surface area (Å²) in [6, 6.07) is 10.6. The number of rotatable bonds is 3. The second-order valence-corrected chi connectivity index (χ2v) is 6.41. The molecule has 0 aliphatic heterocycles. The van der Waals surface area contributed by atoms with E-state index in [-0.39, 0.29) is 0 Å². The van der Waals surface area contributed by atoms with Crippen molar-refractivity contribution in [3.63, 3.8) is 0 Å². The molecule has 0 saturated carbocycles. The largest absolute Gasteiger partial charge is 0.224 e. The third-order valence-corrected chi connectivity index (χ3v) is 4.76. The van der Waals surface area contributed by atoms with E-state index in [0.717, 1.165) is 21.0 Å². The fraction of sp³-hybridized carbons (Fsp3) is 0.143. The lowest BCUT2D eigenvalue weighted by atomic mass is 10.2. The molecule has 0 unspecified atom stereocenters. The standard InChI is InChI=1S/C14H11ClN2S2/c1-9-3-2-4-10(7-9)8-19-13-11-5-6-18-12(11)16-14(15)17-13/h2-7H,8H2,1H3. The molecule has 0 spiro atoms. The Morgan fingerprint density at radius 1 is 1.26 bits per heavy atom. The van der Waals surface area contributed by atoms with Crippen LogP contribution in [0.2, 0.25) is 5.28 Å². The van der Waals surface area contributed by atoms with E-state index in [4.69, 9.17) is 11.6 Å². The predicted octanol–water partition coefficient (Wildman–Crippen LogP) is 4.95. The van der Waals surface area contributed by atoms with Crippen LogP contribution in [0.3, 0.4) is 0 Å². The normalized spacial score (nSPS) is 11.1. The second-order valence-electron chi connectivity index (χ2n) is 4.21. The molecule has 0 saturated heterocycles. The van der Waals surface area contributed by atoms with Crippen LogP contribution in [0.25, 0.3) is 10.2 Å². The number of thiophene rings is 1. The summed E-state index contributed by atoms with van der Waals surface area (Å²) in [6.07, 6.45) is 0. The Bertz CT molecular complexity index is 724. The van der Waals surface area contributed by atoms with Crippen LogP contribution in [-0.4, -0.2) is 9.97 Å². The van der Waals surface area contributed by atoms with E-state index in [1.54, 1.807) is 23.1 Å². The lowest BCUT2D eigenvalue weighted by Gasteiger charge is -2.04. The first kappa shape index (κ1) is 12.9. The molecule has 1 aromatic carbocycles. The molecule has 2 heterocycles. The minimum Gasteiger partial charge on any atom is -0.211 e. The van der Waals surface area contributed by atoms with Gasteiger partial charge in [0.15, 0.2) is 0 Å². The van der Waals surface area contributed by atoms with E-state index in [1.807, 2.05) is 5.38 Å². The molecule has 3 aromatic rings. The summed E-state index contributed by atoms with van der Waals surface area (Å²) in [5, 5.41) is 4.39. The van der Waals surface area contributed by atoms with Gasteiger partial charge in [-0.15, -0.1) is 23.1 Å². The molecule has 19 heavy (non-hydrogen) atoms. The smallest absolute Gasteiger partial charge is 0.211 e. The van der Waals surface area contributed by atoms with Crippen molar-refractivity contribution in [3.05, 3.63) is 52.1 Å². The van der Waals surface area contributed by atoms with Crippen LogP contribution >= 0.6 is 34.7 Å². The zero-order valence-electron chi connectivity index (χ0n) is 10.3. The van der Waals surface area contributed by atoms with Gasteiger partial charge in [-0.25, -0.2) is 9.97 Å². The van der Waals surface area contributed by atoms with Gasteiger partial charge in [-0.3, -0.25) is 0 Å². The SMILES string of the molecule is Cc1cccc(CSc2nc(Cl)nc3sccc23)c1. The Labute approximate surface area is 124 Å². The van der Waals surface area contributed by atoms with E-state index in [9.17, 15) is 0 Å². The molecule has 96 valence electrons. The van der Waals surface area contributed by atoms with Crippen molar-refractivity contribution in [2.24, 2.45) is 0 Å². The molecule has 0 fully saturated rings. The molecule has 2 nitrogen and oxygen atoms in total. The van der Waals surface area contributed by atoms with Gasteiger partial charge in [-0.05, 0) is 35.5 Å². The molecule has 0 bridgehead atoms. The lowest BCUT2D eigenvalue weighted by molar-refractivity contribution is 1.11. The first-order valence-electron chi connectivity index (χ1n) is 5.81. The van der Waals surface area contributed by atoms with Crippen LogP contribution in [0.5, 0.6) is 0 Å². The van der Waals surface area contributed by atoms with E-state index in [1.165, 1.54) is 11.1 Å². The Morgan fingerprint density at radius 2 is 2.16 bits per heavy atom. The number of fused-ring (bicyclic) bond motifs is 1. The van der Waals surface area contributed by atoms with Gasteiger partial charge >= 0.3 is 0 Å². The van der Waals surface area contributed by atoms with Gasteiger partial charge in [0, 0.05) is 11.1 Å². The van der Waals surface area contributed by atoms with Crippen LogP contribution in [0.15, 0.2) is 40.7 Å². The fourth-order valence-corrected chi connectivity index (χ4v) is 3.92. The van der Waals surface area contributed by atoms with Crippen LogP contribution in [0.1, 0.15) is 11.1 Å². The van der Waals surface area contributed by atoms with Gasteiger partial charge in [0.2, 0.25) is 5.28 Å². The van der Waals surface area contributed by atoms with Crippen LogP contribution in [0, 0.1) is 6.92 Å². The second kappa shape index (κ2) is 5.49. The summed E-state index contributed by atoms with van der Waals surface area (Å²) in [4.78, 5) is 9.51. The minimum atomic E-state index is 0.321. The van der Waals surface area contributed by atoms with E-state index in [0.29, 0.717) is 5.28 Å². The number of benzene rings is 1. The number of hydrogen-bond donors (Lipinski definition) is 0. The Balaban J connectivity index is 1.87. The zero-order valence-corrected chi connectivity index (χ0v) is 12.6. The van der Waals surface area contributed by atoms with E-state index >= 15 is 0 Å². The first-order chi connectivity index (χ1) is 9.22. The van der Waals surface area contributed by atoms with Crippen molar-refractivity contribution < 1.29 is 0 Å². The summed E-state index contributed by atoms with van der Waals surface area (Å²) in [6.45, 7) is 2.10. The number of nitrogens with zero attached hydrogens (tertiary/aromatic N) is 2. The minimum absolute atomic E-state index is 0.321. The Morgan fingerprint density at radius 3 is 3.00 bits per heavy atom.